The highest BCUT2D eigenvalue weighted by Gasteiger charge is 2.31. The first kappa shape index (κ1) is 15.9. The SMILES string of the molecule is C1=C(c2cccnc2)C[C@H]2NCC[C@@H]12.O=C(O)/C=C/C(=O)O. The van der Waals surface area contributed by atoms with Gasteiger partial charge in [-0.1, -0.05) is 12.1 Å². The smallest absolute Gasteiger partial charge is 0.328 e. The van der Waals surface area contributed by atoms with Gasteiger partial charge in [0.15, 0.2) is 0 Å². The second-order valence-electron chi connectivity index (χ2n) is 5.16. The molecule has 116 valence electrons. The maximum atomic E-state index is 9.55. The van der Waals surface area contributed by atoms with E-state index in [-0.39, 0.29) is 0 Å². The first-order valence-corrected chi connectivity index (χ1v) is 7.04. The molecule has 2 heterocycles. The zero-order valence-corrected chi connectivity index (χ0v) is 12.0. The van der Waals surface area contributed by atoms with E-state index in [4.69, 9.17) is 10.2 Å². The summed E-state index contributed by atoms with van der Waals surface area (Å²) in [6.45, 7) is 1.19. The van der Waals surface area contributed by atoms with E-state index in [0.29, 0.717) is 18.2 Å². The zero-order valence-electron chi connectivity index (χ0n) is 12.0. The maximum absolute atomic E-state index is 9.55. The topological polar surface area (TPSA) is 99.5 Å². The fourth-order valence-corrected chi connectivity index (χ4v) is 2.68. The van der Waals surface area contributed by atoms with Gasteiger partial charge in [0.25, 0.3) is 0 Å². The lowest BCUT2D eigenvalue weighted by Crippen LogP contribution is -2.22. The van der Waals surface area contributed by atoms with E-state index in [1.807, 2.05) is 18.5 Å². The van der Waals surface area contributed by atoms with Crippen molar-refractivity contribution in [3.63, 3.8) is 0 Å². The van der Waals surface area contributed by atoms with E-state index in [9.17, 15) is 9.59 Å². The molecule has 2 atom stereocenters. The molecule has 0 bridgehead atoms. The summed E-state index contributed by atoms with van der Waals surface area (Å²) in [5.41, 5.74) is 2.77. The van der Waals surface area contributed by atoms with Crippen molar-refractivity contribution in [2.24, 2.45) is 5.92 Å². The number of rotatable bonds is 3. The molecule has 1 aliphatic carbocycles. The van der Waals surface area contributed by atoms with Gasteiger partial charge in [-0.2, -0.15) is 0 Å². The highest BCUT2D eigenvalue weighted by atomic mass is 16.4. The third kappa shape index (κ3) is 4.53. The molecule has 1 aromatic rings. The van der Waals surface area contributed by atoms with Crippen LogP contribution in [0.1, 0.15) is 18.4 Å². The minimum Gasteiger partial charge on any atom is -0.478 e. The van der Waals surface area contributed by atoms with Gasteiger partial charge in [-0.15, -0.1) is 0 Å². The molecule has 0 unspecified atom stereocenters. The first-order valence-electron chi connectivity index (χ1n) is 7.04. The van der Waals surface area contributed by atoms with Gasteiger partial charge in [0.1, 0.15) is 0 Å². The second-order valence-corrected chi connectivity index (χ2v) is 5.16. The van der Waals surface area contributed by atoms with Crippen LogP contribution in [0, 0.1) is 5.92 Å². The van der Waals surface area contributed by atoms with E-state index in [0.717, 1.165) is 5.92 Å². The number of hydrogen-bond acceptors (Lipinski definition) is 4. The Bertz CT molecular complexity index is 579. The molecule has 2 aliphatic rings. The molecule has 1 aromatic heterocycles. The van der Waals surface area contributed by atoms with Gasteiger partial charge in [-0.05, 0) is 42.5 Å². The Morgan fingerprint density at radius 2 is 2.00 bits per heavy atom. The van der Waals surface area contributed by atoms with Crippen LogP contribution < -0.4 is 5.32 Å². The molecule has 0 amide bonds. The number of hydrogen-bond donors (Lipinski definition) is 3. The van der Waals surface area contributed by atoms with Crippen molar-refractivity contribution < 1.29 is 19.8 Å². The van der Waals surface area contributed by atoms with E-state index < -0.39 is 11.9 Å². The fourth-order valence-electron chi connectivity index (χ4n) is 2.68. The Hall–Kier alpha value is -2.47. The summed E-state index contributed by atoms with van der Waals surface area (Å²) < 4.78 is 0. The number of carboxylic acid groups (broad SMARTS) is 2. The van der Waals surface area contributed by atoms with Gasteiger partial charge >= 0.3 is 11.9 Å². The van der Waals surface area contributed by atoms with Crippen LogP contribution in [0.4, 0.5) is 0 Å². The molecule has 0 saturated carbocycles. The predicted molar refractivity (Wildman–Crippen MR) is 81.1 cm³/mol. The first-order chi connectivity index (χ1) is 10.6. The van der Waals surface area contributed by atoms with Gasteiger partial charge in [0.05, 0.1) is 0 Å². The number of fused-ring (bicyclic) bond motifs is 1. The van der Waals surface area contributed by atoms with Crippen LogP contribution in [0.15, 0.2) is 42.8 Å². The molecule has 0 aromatic carbocycles. The van der Waals surface area contributed by atoms with Gasteiger partial charge in [-0.25, -0.2) is 9.59 Å². The molecule has 22 heavy (non-hydrogen) atoms. The summed E-state index contributed by atoms with van der Waals surface area (Å²) in [6.07, 6.45) is 9.82. The quantitative estimate of drug-likeness (QED) is 0.733. The summed E-state index contributed by atoms with van der Waals surface area (Å²) in [4.78, 5) is 23.3. The molecule has 0 radical (unpaired) electrons. The Morgan fingerprint density at radius 3 is 2.55 bits per heavy atom. The van der Waals surface area contributed by atoms with Crippen molar-refractivity contribution in [3.8, 4) is 0 Å². The largest absolute Gasteiger partial charge is 0.478 e. The van der Waals surface area contributed by atoms with Gasteiger partial charge in [0.2, 0.25) is 0 Å². The summed E-state index contributed by atoms with van der Waals surface area (Å²) in [7, 11) is 0. The van der Waals surface area contributed by atoms with Crippen molar-refractivity contribution in [1.82, 2.24) is 10.3 Å². The van der Waals surface area contributed by atoms with Crippen LogP contribution in [-0.4, -0.2) is 39.7 Å². The Morgan fingerprint density at radius 1 is 1.27 bits per heavy atom. The fraction of sp³-hybridized carbons (Fsp3) is 0.312. The van der Waals surface area contributed by atoms with Crippen LogP contribution in [0.3, 0.4) is 0 Å². The Kier molecular flexibility index (Phi) is 5.43. The minimum atomic E-state index is -1.26. The lowest BCUT2D eigenvalue weighted by molar-refractivity contribution is -0.134. The molecule has 1 aliphatic heterocycles. The van der Waals surface area contributed by atoms with Crippen molar-refractivity contribution in [3.05, 3.63) is 48.3 Å². The lowest BCUT2D eigenvalue weighted by atomic mass is 10.1. The van der Waals surface area contributed by atoms with Crippen molar-refractivity contribution in [2.45, 2.75) is 18.9 Å². The number of nitrogens with zero attached hydrogens (tertiary/aromatic N) is 1. The molecular formula is C16H18N2O4. The zero-order chi connectivity index (χ0) is 15.9. The van der Waals surface area contributed by atoms with Crippen LogP contribution in [0.5, 0.6) is 0 Å². The third-order valence-electron chi connectivity index (χ3n) is 3.66. The molecule has 6 nitrogen and oxygen atoms in total. The summed E-state index contributed by atoms with van der Waals surface area (Å²) in [5, 5.41) is 19.2. The maximum Gasteiger partial charge on any atom is 0.328 e. The normalized spacial score (nSPS) is 22.6. The van der Waals surface area contributed by atoms with Crippen molar-refractivity contribution in [1.29, 1.82) is 0 Å². The average molecular weight is 302 g/mol. The number of pyridine rings is 1. The minimum absolute atomic E-state index is 0.558. The Labute approximate surface area is 128 Å². The number of nitrogens with one attached hydrogen (secondary N) is 1. The molecule has 1 saturated heterocycles. The monoisotopic (exact) mass is 302 g/mol. The Balaban J connectivity index is 0.000000192. The highest BCUT2D eigenvalue weighted by Crippen LogP contribution is 2.35. The van der Waals surface area contributed by atoms with Crippen LogP contribution in [0.25, 0.3) is 5.57 Å². The highest BCUT2D eigenvalue weighted by molar-refractivity contribution is 5.89. The number of carbonyl (C=O) groups is 2. The van der Waals surface area contributed by atoms with Crippen molar-refractivity contribution in [2.75, 3.05) is 6.54 Å². The van der Waals surface area contributed by atoms with E-state index in [2.05, 4.69) is 22.4 Å². The van der Waals surface area contributed by atoms with Crippen LogP contribution in [0.2, 0.25) is 0 Å². The third-order valence-corrected chi connectivity index (χ3v) is 3.66. The molecule has 0 spiro atoms. The standard InChI is InChI=1S/C12H14N2.C4H4O4/c1-2-10(8-13-4-1)11-6-9-3-5-14-12(9)7-11;5-3(6)1-2-4(7)8/h1-2,4,6,8-9,12,14H,3,5,7H2;1-2H,(H,5,6)(H,7,8)/b;2-1+/t9-,12+;/m0./s1. The van der Waals surface area contributed by atoms with Crippen molar-refractivity contribution >= 4 is 17.5 Å². The second kappa shape index (κ2) is 7.51. The summed E-state index contributed by atoms with van der Waals surface area (Å²) in [6, 6.07) is 4.86. The number of carboxylic acids is 2. The molecular weight excluding hydrogens is 284 g/mol. The summed E-state index contributed by atoms with van der Waals surface area (Å²) in [5.74, 6) is -1.75. The number of aromatic nitrogens is 1. The molecule has 1 fully saturated rings. The van der Waals surface area contributed by atoms with E-state index >= 15 is 0 Å². The predicted octanol–water partition coefficient (Wildman–Crippen LogP) is 1.56. The molecule has 3 N–H and O–H groups in total. The average Bonchev–Trinajstić information content (AvgIpc) is 3.08. The molecule has 3 rings (SSSR count). The van der Waals surface area contributed by atoms with E-state index in [1.54, 1.807) is 0 Å². The summed E-state index contributed by atoms with van der Waals surface area (Å²) >= 11 is 0. The van der Waals surface area contributed by atoms with Crippen LogP contribution >= 0.6 is 0 Å². The van der Waals surface area contributed by atoms with Gasteiger partial charge < -0.3 is 15.5 Å². The van der Waals surface area contributed by atoms with Gasteiger partial charge in [0, 0.05) is 30.6 Å². The number of aliphatic carboxylic acids is 2. The van der Waals surface area contributed by atoms with E-state index in [1.165, 1.54) is 30.5 Å². The van der Waals surface area contributed by atoms with Crippen LogP contribution in [-0.2, 0) is 9.59 Å². The lowest BCUT2D eigenvalue weighted by Gasteiger charge is -2.07. The molecule has 6 heteroatoms. The van der Waals surface area contributed by atoms with Gasteiger partial charge in [-0.3, -0.25) is 4.98 Å².